The van der Waals surface area contributed by atoms with Crippen molar-refractivity contribution in [3.8, 4) is 0 Å². The zero-order valence-electron chi connectivity index (χ0n) is 7.80. The Morgan fingerprint density at radius 3 is 2.80 bits per heavy atom. The number of hydrogen-bond acceptors (Lipinski definition) is 2. The van der Waals surface area contributed by atoms with Gasteiger partial charge in [0.2, 0.25) is 0 Å². The SMILES string of the molecule is C=CCNC(=O)Sc1ccc(Cl)c(Cl)c1. The largest absolute Gasteiger partial charge is 0.343 e. The number of thioether (sulfide) groups is 1. The first-order valence-corrected chi connectivity index (χ1v) is 5.72. The molecule has 0 saturated heterocycles. The Hall–Kier alpha value is -0.640. The van der Waals surface area contributed by atoms with E-state index >= 15 is 0 Å². The highest BCUT2D eigenvalue weighted by Gasteiger charge is 2.05. The van der Waals surface area contributed by atoms with Crippen molar-refractivity contribution < 1.29 is 4.79 Å². The second kappa shape index (κ2) is 6.05. The van der Waals surface area contributed by atoms with Crippen molar-refractivity contribution in [1.82, 2.24) is 5.32 Å². The number of nitrogens with one attached hydrogen (secondary N) is 1. The summed E-state index contributed by atoms with van der Waals surface area (Å²) in [6.45, 7) is 3.95. The third-order valence-electron chi connectivity index (χ3n) is 1.49. The lowest BCUT2D eigenvalue weighted by Gasteiger charge is -2.02. The van der Waals surface area contributed by atoms with Crippen LogP contribution in [0.5, 0.6) is 0 Å². The smallest absolute Gasteiger partial charge is 0.284 e. The van der Waals surface area contributed by atoms with Crippen molar-refractivity contribution in [3.05, 3.63) is 40.9 Å². The van der Waals surface area contributed by atoms with Gasteiger partial charge in [0.15, 0.2) is 0 Å². The van der Waals surface area contributed by atoms with E-state index in [0.29, 0.717) is 16.6 Å². The first kappa shape index (κ1) is 12.4. The molecule has 1 rings (SSSR count). The summed E-state index contributed by atoms with van der Waals surface area (Å²) in [7, 11) is 0. The average Bonchev–Trinajstić information content (AvgIpc) is 2.20. The molecule has 0 aliphatic rings. The van der Waals surface area contributed by atoms with Gasteiger partial charge in [-0.15, -0.1) is 6.58 Å². The highest BCUT2D eigenvalue weighted by atomic mass is 35.5. The van der Waals surface area contributed by atoms with Crippen molar-refractivity contribution in [2.45, 2.75) is 4.90 Å². The van der Waals surface area contributed by atoms with E-state index in [-0.39, 0.29) is 5.24 Å². The summed E-state index contributed by atoms with van der Waals surface area (Å²) in [6, 6.07) is 5.06. The van der Waals surface area contributed by atoms with Gasteiger partial charge >= 0.3 is 0 Å². The Morgan fingerprint density at radius 1 is 1.47 bits per heavy atom. The summed E-state index contributed by atoms with van der Waals surface area (Å²) in [5.74, 6) is 0. The molecule has 1 amide bonds. The lowest BCUT2D eigenvalue weighted by Crippen LogP contribution is -2.17. The molecule has 1 aromatic rings. The van der Waals surface area contributed by atoms with Gasteiger partial charge < -0.3 is 5.32 Å². The van der Waals surface area contributed by atoms with Crippen LogP contribution in [-0.2, 0) is 0 Å². The fourth-order valence-corrected chi connectivity index (χ4v) is 1.88. The van der Waals surface area contributed by atoms with Crippen LogP contribution in [0.4, 0.5) is 4.79 Å². The number of carbonyl (C=O) groups excluding carboxylic acids is 1. The van der Waals surface area contributed by atoms with Crippen molar-refractivity contribution >= 4 is 40.2 Å². The molecule has 0 atom stereocenters. The molecular weight excluding hydrogens is 253 g/mol. The van der Waals surface area contributed by atoms with E-state index in [4.69, 9.17) is 23.2 Å². The Balaban J connectivity index is 2.60. The lowest BCUT2D eigenvalue weighted by atomic mass is 10.4. The van der Waals surface area contributed by atoms with E-state index in [0.717, 1.165) is 16.7 Å². The van der Waals surface area contributed by atoms with Gasteiger partial charge in [-0.2, -0.15) is 0 Å². The second-order valence-corrected chi connectivity index (χ2v) is 4.50. The number of halogens is 2. The summed E-state index contributed by atoms with van der Waals surface area (Å²) in [5.41, 5.74) is 0. The van der Waals surface area contributed by atoms with Gasteiger partial charge in [-0.25, -0.2) is 0 Å². The Labute approximate surface area is 103 Å². The Kier molecular flexibility index (Phi) is 5.02. The number of hydrogen-bond donors (Lipinski definition) is 1. The zero-order chi connectivity index (χ0) is 11.3. The van der Waals surface area contributed by atoms with Gasteiger partial charge in [0.05, 0.1) is 10.0 Å². The van der Waals surface area contributed by atoms with Gasteiger partial charge in [0, 0.05) is 11.4 Å². The topological polar surface area (TPSA) is 29.1 Å². The molecule has 0 fully saturated rings. The van der Waals surface area contributed by atoms with Gasteiger partial charge in [-0.05, 0) is 30.0 Å². The molecule has 0 spiro atoms. The fourth-order valence-electron chi connectivity index (χ4n) is 0.839. The zero-order valence-corrected chi connectivity index (χ0v) is 10.1. The first-order chi connectivity index (χ1) is 7.13. The third kappa shape index (κ3) is 4.16. The van der Waals surface area contributed by atoms with E-state index in [1.54, 1.807) is 24.3 Å². The molecule has 80 valence electrons. The number of benzene rings is 1. The highest BCUT2D eigenvalue weighted by molar-refractivity contribution is 8.13. The van der Waals surface area contributed by atoms with E-state index in [9.17, 15) is 4.79 Å². The van der Waals surface area contributed by atoms with Crippen LogP contribution in [-0.4, -0.2) is 11.8 Å². The molecule has 0 heterocycles. The lowest BCUT2D eigenvalue weighted by molar-refractivity contribution is 0.261. The molecular formula is C10H9Cl2NOS. The summed E-state index contributed by atoms with van der Waals surface area (Å²) in [4.78, 5) is 12.1. The summed E-state index contributed by atoms with van der Waals surface area (Å²) < 4.78 is 0. The Morgan fingerprint density at radius 2 is 2.20 bits per heavy atom. The molecule has 0 bridgehead atoms. The predicted molar refractivity (Wildman–Crippen MR) is 65.9 cm³/mol. The molecule has 0 radical (unpaired) electrons. The maximum absolute atomic E-state index is 11.3. The summed E-state index contributed by atoms with van der Waals surface area (Å²) >= 11 is 12.6. The molecule has 0 aliphatic carbocycles. The second-order valence-electron chi connectivity index (χ2n) is 2.64. The van der Waals surface area contributed by atoms with E-state index in [2.05, 4.69) is 11.9 Å². The van der Waals surface area contributed by atoms with Gasteiger partial charge in [0.1, 0.15) is 0 Å². The third-order valence-corrected chi connectivity index (χ3v) is 3.05. The predicted octanol–water partition coefficient (Wildman–Crippen LogP) is 3.98. The first-order valence-electron chi connectivity index (χ1n) is 4.15. The van der Waals surface area contributed by atoms with Crippen LogP contribution in [0.1, 0.15) is 0 Å². The molecule has 2 nitrogen and oxygen atoms in total. The standard InChI is InChI=1S/C10H9Cl2NOS/c1-2-5-13-10(14)15-7-3-4-8(11)9(12)6-7/h2-4,6H,1,5H2,(H,13,14). The van der Waals surface area contributed by atoms with Crippen molar-refractivity contribution in [2.24, 2.45) is 0 Å². The van der Waals surface area contributed by atoms with Crippen LogP contribution in [0.15, 0.2) is 35.7 Å². The van der Waals surface area contributed by atoms with Crippen LogP contribution >= 0.6 is 35.0 Å². The van der Waals surface area contributed by atoms with E-state index < -0.39 is 0 Å². The molecule has 15 heavy (non-hydrogen) atoms. The number of amides is 1. The molecule has 5 heteroatoms. The summed E-state index contributed by atoms with van der Waals surface area (Å²) in [6.07, 6.45) is 1.62. The van der Waals surface area contributed by atoms with Crippen molar-refractivity contribution in [3.63, 3.8) is 0 Å². The molecule has 1 N–H and O–H groups in total. The number of carbonyl (C=O) groups is 1. The van der Waals surface area contributed by atoms with Crippen molar-refractivity contribution in [2.75, 3.05) is 6.54 Å². The molecule has 0 saturated carbocycles. The normalized spacial score (nSPS) is 9.73. The summed E-state index contributed by atoms with van der Waals surface area (Å²) in [5, 5.41) is 3.42. The van der Waals surface area contributed by atoms with E-state index in [1.807, 2.05) is 0 Å². The average molecular weight is 262 g/mol. The molecule has 0 unspecified atom stereocenters. The maximum atomic E-state index is 11.3. The van der Waals surface area contributed by atoms with Gasteiger partial charge in [-0.1, -0.05) is 29.3 Å². The van der Waals surface area contributed by atoms with Crippen molar-refractivity contribution in [1.29, 1.82) is 0 Å². The van der Waals surface area contributed by atoms with Crippen LogP contribution in [0.25, 0.3) is 0 Å². The van der Waals surface area contributed by atoms with Crippen LogP contribution in [0, 0.1) is 0 Å². The van der Waals surface area contributed by atoms with Gasteiger partial charge in [-0.3, -0.25) is 4.79 Å². The highest BCUT2D eigenvalue weighted by Crippen LogP contribution is 2.28. The van der Waals surface area contributed by atoms with Gasteiger partial charge in [0.25, 0.3) is 5.24 Å². The fraction of sp³-hybridized carbons (Fsp3) is 0.100. The quantitative estimate of drug-likeness (QED) is 0.659. The Bertz CT molecular complexity index is 382. The molecule has 1 aromatic carbocycles. The minimum atomic E-state index is -0.145. The van der Waals surface area contributed by atoms with Crippen LogP contribution in [0.2, 0.25) is 10.0 Å². The number of rotatable bonds is 3. The molecule has 0 aromatic heterocycles. The molecule has 0 aliphatic heterocycles. The monoisotopic (exact) mass is 261 g/mol. The maximum Gasteiger partial charge on any atom is 0.284 e. The van der Waals surface area contributed by atoms with E-state index in [1.165, 1.54) is 0 Å². The van der Waals surface area contributed by atoms with Crippen LogP contribution < -0.4 is 5.32 Å². The minimum absolute atomic E-state index is 0.145. The minimum Gasteiger partial charge on any atom is -0.343 e. The van der Waals surface area contributed by atoms with Crippen LogP contribution in [0.3, 0.4) is 0 Å².